The van der Waals surface area contributed by atoms with Crippen LogP contribution in [0.15, 0.2) is 78.9 Å². The molecule has 4 bridgehead atoms. The van der Waals surface area contributed by atoms with Gasteiger partial charge in [0.05, 0.1) is 0 Å². The minimum atomic E-state index is -1.49. The van der Waals surface area contributed by atoms with Gasteiger partial charge in [0.15, 0.2) is 23.3 Å². The van der Waals surface area contributed by atoms with E-state index < -0.39 is 64.1 Å². The van der Waals surface area contributed by atoms with Gasteiger partial charge < -0.3 is 9.47 Å². The maximum atomic E-state index is 15.5. The highest BCUT2D eigenvalue weighted by atomic mass is 19.2. The molecule has 0 N–H and O–H groups in total. The van der Waals surface area contributed by atoms with Crippen LogP contribution in [0.1, 0.15) is 67.3 Å². The Bertz CT molecular complexity index is 2100. The van der Waals surface area contributed by atoms with Crippen molar-refractivity contribution in [3.05, 3.63) is 142 Å². The van der Waals surface area contributed by atoms with Crippen molar-refractivity contribution >= 4 is 0 Å². The van der Waals surface area contributed by atoms with E-state index in [4.69, 9.17) is 9.47 Å². The molecule has 2 fully saturated rings. The zero-order valence-electron chi connectivity index (χ0n) is 29.4. The van der Waals surface area contributed by atoms with Crippen LogP contribution in [0.5, 0.6) is 23.0 Å². The summed E-state index contributed by atoms with van der Waals surface area (Å²) >= 11 is 0. The van der Waals surface area contributed by atoms with Gasteiger partial charge in [-0.25, -0.2) is 22.0 Å². The summed E-state index contributed by atoms with van der Waals surface area (Å²) in [7, 11) is 0. The molecular formula is C44H39F7O2. The second-order valence-corrected chi connectivity index (χ2v) is 15.7. The van der Waals surface area contributed by atoms with Crippen molar-refractivity contribution in [2.75, 3.05) is 0 Å². The Labute approximate surface area is 304 Å². The second-order valence-electron chi connectivity index (χ2n) is 15.7. The Kier molecular flexibility index (Phi) is 9.18. The predicted molar refractivity (Wildman–Crippen MR) is 188 cm³/mol. The summed E-state index contributed by atoms with van der Waals surface area (Å²) in [5, 5.41) is 0. The molecule has 0 aliphatic heterocycles. The number of rotatable bonds is 11. The molecule has 6 atom stereocenters. The molecule has 8 rings (SSSR count). The van der Waals surface area contributed by atoms with Crippen molar-refractivity contribution in [1.82, 2.24) is 0 Å². The summed E-state index contributed by atoms with van der Waals surface area (Å²) in [6, 6.07) is 13.8. The monoisotopic (exact) mass is 732 g/mol. The molecule has 0 aromatic heterocycles. The first-order chi connectivity index (χ1) is 25.4. The fourth-order valence-electron chi connectivity index (χ4n) is 9.13. The molecule has 53 heavy (non-hydrogen) atoms. The van der Waals surface area contributed by atoms with Crippen LogP contribution in [0.3, 0.4) is 0 Å². The topological polar surface area (TPSA) is 18.5 Å². The summed E-state index contributed by atoms with van der Waals surface area (Å²) in [5.41, 5.74) is 0.133. The zero-order chi connectivity index (χ0) is 37.2. The van der Waals surface area contributed by atoms with Gasteiger partial charge in [0.25, 0.3) is 0 Å². The molecule has 4 aromatic rings. The fraction of sp³-hybridized carbons (Fsp3) is 0.364. The second kappa shape index (κ2) is 13.7. The molecule has 0 radical (unpaired) electrons. The minimum absolute atomic E-state index is 0.00190. The number of ether oxygens (including phenoxy) is 2. The lowest BCUT2D eigenvalue weighted by atomic mass is 9.78. The number of fused-ring (bicyclic) bond motifs is 4. The molecule has 9 heteroatoms. The lowest BCUT2D eigenvalue weighted by Gasteiger charge is -2.26. The van der Waals surface area contributed by atoms with Crippen molar-refractivity contribution < 1.29 is 40.2 Å². The van der Waals surface area contributed by atoms with Crippen LogP contribution in [-0.2, 0) is 24.9 Å². The molecular weight excluding hydrogens is 693 g/mol. The molecule has 2 saturated carbocycles. The van der Waals surface area contributed by atoms with Crippen molar-refractivity contribution in [2.45, 2.75) is 64.5 Å². The van der Waals surface area contributed by atoms with Crippen molar-refractivity contribution in [3.63, 3.8) is 0 Å². The Hall–Kier alpha value is -4.53. The third-order valence-electron chi connectivity index (χ3n) is 12.2. The molecule has 4 aromatic carbocycles. The Morgan fingerprint density at radius 1 is 0.566 bits per heavy atom. The van der Waals surface area contributed by atoms with Crippen molar-refractivity contribution in [1.29, 1.82) is 0 Å². The summed E-state index contributed by atoms with van der Waals surface area (Å²) in [6.07, 6.45) is 12.4. The number of hydrogen-bond donors (Lipinski definition) is 0. The Morgan fingerprint density at radius 2 is 1.08 bits per heavy atom. The minimum Gasteiger partial charge on any atom is -0.451 e. The molecule has 4 aliphatic carbocycles. The van der Waals surface area contributed by atoms with E-state index in [1.807, 2.05) is 13.8 Å². The first-order valence-electron chi connectivity index (χ1n) is 18.2. The quantitative estimate of drug-likeness (QED) is 0.0868. The lowest BCUT2D eigenvalue weighted by Crippen LogP contribution is -2.18. The van der Waals surface area contributed by atoms with Gasteiger partial charge >= 0.3 is 0 Å². The molecule has 4 aliphatic rings. The maximum Gasteiger partial charge on any atom is 0.204 e. The summed E-state index contributed by atoms with van der Waals surface area (Å²) in [5.74, 6) is -7.63. The molecule has 276 valence electrons. The van der Waals surface area contributed by atoms with Crippen LogP contribution < -0.4 is 9.47 Å². The Balaban J connectivity index is 0.952. The highest BCUT2D eigenvalue weighted by Gasteiger charge is 2.39. The third-order valence-corrected chi connectivity index (χ3v) is 12.2. The molecule has 0 spiro atoms. The van der Waals surface area contributed by atoms with E-state index in [0.29, 0.717) is 17.8 Å². The van der Waals surface area contributed by atoms with E-state index in [1.54, 1.807) is 24.3 Å². The van der Waals surface area contributed by atoms with E-state index in [9.17, 15) is 4.39 Å². The van der Waals surface area contributed by atoms with Crippen LogP contribution in [0, 0.1) is 70.4 Å². The predicted octanol–water partition coefficient (Wildman–Crippen LogP) is 12.4. The number of halogens is 7. The largest absolute Gasteiger partial charge is 0.451 e. The summed E-state index contributed by atoms with van der Waals surface area (Å²) in [6.45, 7) is 2.55. The van der Waals surface area contributed by atoms with Crippen LogP contribution in [0.2, 0.25) is 0 Å². The van der Waals surface area contributed by atoms with E-state index in [1.165, 1.54) is 24.3 Å². The van der Waals surface area contributed by atoms with Crippen LogP contribution in [0.25, 0.3) is 0 Å². The van der Waals surface area contributed by atoms with Gasteiger partial charge in [-0.3, -0.25) is 0 Å². The van der Waals surface area contributed by atoms with E-state index >= 15 is 26.3 Å². The molecule has 0 saturated heterocycles. The molecule has 0 heterocycles. The van der Waals surface area contributed by atoms with E-state index in [2.05, 4.69) is 24.3 Å². The third kappa shape index (κ3) is 6.44. The highest BCUT2D eigenvalue weighted by Crippen LogP contribution is 2.47. The normalized spacial score (nSPS) is 24.1. The lowest BCUT2D eigenvalue weighted by molar-refractivity contribution is 0.360. The highest BCUT2D eigenvalue weighted by molar-refractivity contribution is 5.46. The number of hydrogen-bond acceptors (Lipinski definition) is 2. The van der Waals surface area contributed by atoms with Gasteiger partial charge in [0.1, 0.15) is 18.2 Å². The summed E-state index contributed by atoms with van der Waals surface area (Å²) in [4.78, 5) is 0. The van der Waals surface area contributed by atoms with Crippen molar-refractivity contribution in [2.24, 2.45) is 35.5 Å². The SMILES string of the molecule is CC(C)(c1ccc(Oc2c(F)cc(CC3CC4C=CC3C4)c(F)c2F)cc1)c1ccc(Oc2c(F)c(F)c(CC3CC4C=CC3C4)c(CF)c2F)cc1. The number of benzene rings is 4. The van der Waals surface area contributed by atoms with Gasteiger partial charge in [0, 0.05) is 16.5 Å². The van der Waals surface area contributed by atoms with Gasteiger partial charge in [0.2, 0.25) is 23.1 Å². The van der Waals surface area contributed by atoms with Crippen LogP contribution in [-0.4, -0.2) is 0 Å². The smallest absolute Gasteiger partial charge is 0.204 e. The van der Waals surface area contributed by atoms with Gasteiger partial charge in [-0.1, -0.05) is 62.4 Å². The van der Waals surface area contributed by atoms with E-state index in [-0.39, 0.29) is 53.2 Å². The standard InChI is InChI=1S/C44H39F7O2/c1-44(2,30-7-11-32(12-8-30)52-42-36(46)21-29(37(47)40(42)50)19-27-17-23-3-5-25(27)15-23)31-9-13-33(14-10-31)53-43-39(49)35(22-45)34(38(48)41(43)51)20-28-18-24-4-6-26(28)16-24/h3-14,21,23-28H,15-20,22H2,1-2H3. The first-order valence-corrected chi connectivity index (χ1v) is 18.2. The number of allylic oxidation sites excluding steroid dienone is 4. The zero-order valence-corrected chi connectivity index (χ0v) is 29.4. The molecule has 2 nitrogen and oxygen atoms in total. The maximum absolute atomic E-state index is 15.5. The van der Waals surface area contributed by atoms with Gasteiger partial charge in [-0.15, -0.1) is 0 Å². The summed E-state index contributed by atoms with van der Waals surface area (Å²) < 4.78 is 117. The van der Waals surface area contributed by atoms with Crippen LogP contribution in [0.4, 0.5) is 30.7 Å². The van der Waals surface area contributed by atoms with Crippen molar-refractivity contribution in [3.8, 4) is 23.0 Å². The molecule has 0 amide bonds. The average Bonchev–Trinajstić information content (AvgIpc) is 3.98. The average molecular weight is 733 g/mol. The fourth-order valence-corrected chi connectivity index (χ4v) is 9.13. The van der Waals surface area contributed by atoms with Gasteiger partial charge in [-0.2, -0.15) is 8.78 Å². The van der Waals surface area contributed by atoms with Gasteiger partial charge in [-0.05, 0) is 121 Å². The molecule has 6 unspecified atom stereocenters. The first kappa shape index (κ1) is 35.5. The number of alkyl halides is 1. The van der Waals surface area contributed by atoms with Crippen LogP contribution >= 0.6 is 0 Å². The van der Waals surface area contributed by atoms with E-state index in [0.717, 1.165) is 42.9 Å². The Morgan fingerprint density at radius 3 is 1.57 bits per heavy atom.